The Bertz CT molecular complexity index is 1170. The highest BCUT2D eigenvalue weighted by atomic mass is 19.2. The number of halogens is 3. The zero-order valence-corrected chi connectivity index (χ0v) is 20.7. The maximum absolute atomic E-state index is 14.7. The van der Waals surface area contributed by atoms with Crippen molar-refractivity contribution >= 4 is 0 Å². The Balaban J connectivity index is 1.29. The largest absolute Gasteiger partial charge is 0.493 e. The van der Waals surface area contributed by atoms with Crippen molar-refractivity contribution in [1.29, 1.82) is 0 Å². The lowest BCUT2D eigenvalue weighted by Crippen LogP contribution is -2.20. The molecule has 0 aliphatic heterocycles. The Morgan fingerprint density at radius 1 is 0.889 bits per heavy atom. The first kappa shape index (κ1) is 25.9. The van der Waals surface area contributed by atoms with Crippen molar-refractivity contribution < 1.29 is 22.6 Å². The van der Waals surface area contributed by atoms with Gasteiger partial charge in [-0.1, -0.05) is 42.0 Å². The van der Waals surface area contributed by atoms with Gasteiger partial charge in [0, 0.05) is 11.6 Å². The molecule has 1 aliphatic carbocycles. The van der Waals surface area contributed by atoms with Crippen LogP contribution >= 0.6 is 0 Å². The summed E-state index contributed by atoms with van der Waals surface area (Å²) in [5.74, 6) is -1.26. The van der Waals surface area contributed by atoms with Crippen molar-refractivity contribution in [2.24, 2.45) is 5.92 Å². The van der Waals surface area contributed by atoms with Crippen molar-refractivity contribution in [3.05, 3.63) is 95.8 Å². The molecule has 0 amide bonds. The summed E-state index contributed by atoms with van der Waals surface area (Å²) in [4.78, 5) is 0. The van der Waals surface area contributed by atoms with Crippen LogP contribution < -0.4 is 9.47 Å². The van der Waals surface area contributed by atoms with E-state index in [2.05, 4.69) is 6.58 Å². The maximum atomic E-state index is 14.7. The summed E-state index contributed by atoms with van der Waals surface area (Å²) in [5.41, 5.74) is 2.61. The van der Waals surface area contributed by atoms with Crippen molar-refractivity contribution in [3.8, 4) is 22.6 Å². The molecule has 2 nitrogen and oxygen atoms in total. The first-order valence-corrected chi connectivity index (χ1v) is 12.7. The molecule has 0 N–H and O–H groups in total. The van der Waals surface area contributed by atoms with E-state index in [1.54, 1.807) is 18.2 Å². The minimum Gasteiger partial charge on any atom is -0.493 e. The zero-order chi connectivity index (χ0) is 25.5. The Kier molecular flexibility index (Phi) is 8.74. The first-order valence-electron chi connectivity index (χ1n) is 12.7. The third kappa shape index (κ3) is 6.31. The fourth-order valence-corrected chi connectivity index (χ4v) is 4.79. The molecular weight excluding hydrogens is 461 g/mol. The monoisotopic (exact) mass is 494 g/mol. The second-order valence-corrected chi connectivity index (χ2v) is 9.60. The van der Waals surface area contributed by atoms with Crippen LogP contribution in [0.25, 0.3) is 11.1 Å². The van der Waals surface area contributed by atoms with Crippen LogP contribution in [0.3, 0.4) is 0 Å². The van der Waals surface area contributed by atoms with Crippen LogP contribution in [0.15, 0.2) is 67.3 Å². The van der Waals surface area contributed by atoms with Gasteiger partial charge in [-0.05, 0) is 86.6 Å². The van der Waals surface area contributed by atoms with Crippen molar-refractivity contribution in [1.82, 2.24) is 0 Å². The average Bonchev–Trinajstić information content (AvgIpc) is 2.89. The van der Waals surface area contributed by atoms with Gasteiger partial charge in [-0.2, -0.15) is 4.39 Å². The van der Waals surface area contributed by atoms with E-state index < -0.39 is 11.6 Å². The number of rotatable bonds is 10. The van der Waals surface area contributed by atoms with Gasteiger partial charge in [0.1, 0.15) is 11.6 Å². The molecule has 3 aromatic rings. The molecule has 0 unspecified atom stereocenters. The zero-order valence-electron chi connectivity index (χ0n) is 20.7. The van der Waals surface area contributed by atoms with E-state index in [9.17, 15) is 13.2 Å². The molecule has 0 spiro atoms. The molecule has 1 saturated carbocycles. The lowest BCUT2D eigenvalue weighted by atomic mass is 9.79. The fourth-order valence-electron chi connectivity index (χ4n) is 4.79. The third-order valence-corrected chi connectivity index (χ3v) is 6.96. The van der Waals surface area contributed by atoms with Crippen molar-refractivity contribution in [3.63, 3.8) is 0 Å². The number of hydrogen-bond acceptors (Lipinski definition) is 2. The summed E-state index contributed by atoms with van der Waals surface area (Å²) in [7, 11) is 0. The Hall–Kier alpha value is -3.21. The molecule has 0 atom stereocenters. The summed E-state index contributed by atoms with van der Waals surface area (Å²) in [5, 5.41) is 0. The molecule has 0 saturated heterocycles. The quantitative estimate of drug-likeness (QED) is 0.207. The highest BCUT2D eigenvalue weighted by Crippen LogP contribution is 2.38. The van der Waals surface area contributed by atoms with Crippen LogP contribution in [0.2, 0.25) is 0 Å². The number of aryl methyl sites for hydroxylation is 1. The molecule has 190 valence electrons. The second-order valence-electron chi connectivity index (χ2n) is 9.60. The van der Waals surface area contributed by atoms with Crippen LogP contribution in [0.4, 0.5) is 13.2 Å². The maximum Gasteiger partial charge on any atom is 0.201 e. The van der Waals surface area contributed by atoms with Gasteiger partial charge in [0.2, 0.25) is 5.82 Å². The standard InChI is InChI=1S/C31H33F3O2/c1-3-4-5-18-35-25-14-15-26(28(32)19-25)23-12-8-22(9-13-23)20-36-29-17-16-27(30(33)31(29)34)24-10-6-21(2)7-11-24/h3,6-7,10-11,14-17,19,22-23H,1,4-5,8-9,12-13,18,20H2,2H3. The Morgan fingerprint density at radius 3 is 2.33 bits per heavy atom. The highest BCUT2D eigenvalue weighted by Gasteiger charge is 2.26. The van der Waals surface area contributed by atoms with E-state index in [1.807, 2.05) is 37.3 Å². The molecule has 3 aromatic carbocycles. The minimum atomic E-state index is -0.962. The highest BCUT2D eigenvalue weighted by molar-refractivity contribution is 5.65. The summed E-state index contributed by atoms with van der Waals surface area (Å²) in [6, 6.07) is 15.5. The molecule has 0 aromatic heterocycles. The SMILES string of the molecule is C=CCCCOc1ccc(C2CCC(COc3ccc(-c4ccc(C)cc4)c(F)c3F)CC2)c(F)c1. The normalized spacial score (nSPS) is 17.6. The molecular formula is C31H33F3O2. The van der Waals surface area contributed by atoms with Crippen LogP contribution in [-0.2, 0) is 0 Å². The predicted molar refractivity (Wildman–Crippen MR) is 138 cm³/mol. The molecule has 5 heteroatoms. The van der Waals surface area contributed by atoms with Gasteiger partial charge in [0.05, 0.1) is 13.2 Å². The van der Waals surface area contributed by atoms with Crippen molar-refractivity contribution in [2.75, 3.05) is 13.2 Å². The molecule has 0 heterocycles. The molecule has 1 aliphatic rings. The van der Waals surface area contributed by atoms with Gasteiger partial charge < -0.3 is 9.47 Å². The number of hydrogen-bond donors (Lipinski definition) is 0. The lowest BCUT2D eigenvalue weighted by Gasteiger charge is -2.29. The van der Waals surface area contributed by atoms with E-state index in [0.29, 0.717) is 30.1 Å². The van der Waals surface area contributed by atoms with Gasteiger partial charge in [0.15, 0.2) is 11.6 Å². The molecule has 0 radical (unpaired) electrons. The van der Waals surface area contributed by atoms with Crippen LogP contribution in [0.5, 0.6) is 11.5 Å². The van der Waals surface area contributed by atoms with E-state index in [0.717, 1.165) is 44.1 Å². The second kappa shape index (κ2) is 12.2. The van der Waals surface area contributed by atoms with E-state index in [4.69, 9.17) is 9.47 Å². The number of allylic oxidation sites excluding steroid dienone is 1. The van der Waals surface area contributed by atoms with Gasteiger partial charge in [-0.3, -0.25) is 0 Å². The van der Waals surface area contributed by atoms with E-state index in [1.165, 1.54) is 12.1 Å². The molecule has 4 rings (SSSR count). The van der Waals surface area contributed by atoms with Crippen LogP contribution in [-0.4, -0.2) is 13.2 Å². The average molecular weight is 495 g/mol. The number of benzene rings is 3. The first-order chi connectivity index (χ1) is 17.5. The van der Waals surface area contributed by atoms with Crippen molar-refractivity contribution in [2.45, 2.75) is 51.4 Å². The predicted octanol–water partition coefficient (Wildman–Crippen LogP) is 8.78. The molecule has 0 bridgehead atoms. The van der Waals surface area contributed by atoms with Crippen LogP contribution in [0.1, 0.15) is 55.6 Å². The molecule has 36 heavy (non-hydrogen) atoms. The van der Waals surface area contributed by atoms with Gasteiger partial charge >= 0.3 is 0 Å². The van der Waals surface area contributed by atoms with E-state index in [-0.39, 0.29) is 29.0 Å². The number of ether oxygens (including phenoxy) is 2. The fraction of sp³-hybridized carbons (Fsp3) is 0.355. The van der Waals surface area contributed by atoms with Gasteiger partial charge in [0.25, 0.3) is 0 Å². The molecule has 1 fully saturated rings. The number of unbranched alkanes of at least 4 members (excludes halogenated alkanes) is 1. The third-order valence-electron chi connectivity index (χ3n) is 6.96. The Labute approximate surface area is 211 Å². The van der Waals surface area contributed by atoms with Gasteiger partial charge in [-0.25, -0.2) is 8.78 Å². The summed E-state index contributed by atoms with van der Waals surface area (Å²) < 4.78 is 55.5. The minimum absolute atomic E-state index is 0.0693. The van der Waals surface area contributed by atoms with Crippen LogP contribution in [0, 0.1) is 30.3 Å². The topological polar surface area (TPSA) is 18.5 Å². The lowest BCUT2D eigenvalue weighted by molar-refractivity contribution is 0.192. The summed E-state index contributed by atoms with van der Waals surface area (Å²) in [6.07, 6.45) is 6.90. The summed E-state index contributed by atoms with van der Waals surface area (Å²) in [6.45, 7) is 6.48. The Morgan fingerprint density at radius 2 is 1.64 bits per heavy atom. The smallest absolute Gasteiger partial charge is 0.201 e. The van der Waals surface area contributed by atoms with E-state index >= 15 is 0 Å². The summed E-state index contributed by atoms with van der Waals surface area (Å²) >= 11 is 0. The van der Waals surface area contributed by atoms with Gasteiger partial charge in [-0.15, -0.1) is 6.58 Å².